The summed E-state index contributed by atoms with van der Waals surface area (Å²) in [4.78, 5) is 16.9. The third-order valence-corrected chi connectivity index (χ3v) is 5.52. The van der Waals surface area contributed by atoms with Gasteiger partial charge >= 0.3 is 0 Å². The molecule has 1 spiro atoms. The van der Waals surface area contributed by atoms with E-state index in [1.807, 2.05) is 4.90 Å². The first-order valence-corrected chi connectivity index (χ1v) is 8.62. The normalized spacial score (nSPS) is 24.7. The van der Waals surface area contributed by atoms with Crippen LogP contribution in [-0.2, 0) is 4.74 Å². The van der Waals surface area contributed by atoms with Crippen molar-refractivity contribution in [2.75, 3.05) is 33.4 Å². The fourth-order valence-corrected chi connectivity index (χ4v) is 4.25. The molecule has 0 N–H and O–H groups in total. The van der Waals surface area contributed by atoms with Crippen molar-refractivity contribution in [3.8, 4) is 0 Å². The molecule has 1 atom stereocenters. The van der Waals surface area contributed by atoms with Crippen molar-refractivity contribution in [3.63, 3.8) is 0 Å². The maximum atomic E-state index is 12.4. The highest BCUT2D eigenvalue weighted by Gasteiger charge is 2.46. The Morgan fingerprint density at radius 3 is 2.74 bits per heavy atom. The Balaban J connectivity index is 1.63. The summed E-state index contributed by atoms with van der Waals surface area (Å²) in [5, 5.41) is 0. The highest BCUT2D eigenvalue weighted by Crippen LogP contribution is 2.44. The van der Waals surface area contributed by atoms with E-state index in [1.54, 1.807) is 25.5 Å². The molecule has 0 saturated carbocycles. The molecule has 1 aromatic rings. The summed E-state index contributed by atoms with van der Waals surface area (Å²) in [7, 11) is 1.79. The second-order valence-corrected chi connectivity index (χ2v) is 7.35. The number of carbonyl (C=O) groups excluding carboxylic acids is 1. The van der Waals surface area contributed by atoms with Gasteiger partial charge in [-0.25, -0.2) is 0 Å². The van der Waals surface area contributed by atoms with Gasteiger partial charge in [-0.15, -0.1) is 0 Å². The summed E-state index contributed by atoms with van der Waals surface area (Å²) in [5.74, 6) is 0.477. The topological polar surface area (TPSA) is 45.9 Å². The average Bonchev–Trinajstić information content (AvgIpc) is 3.17. The van der Waals surface area contributed by atoms with Crippen molar-refractivity contribution in [3.05, 3.63) is 24.2 Å². The van der Waals surface area contributed by atoms with Crippen LogP contribution in [0.15, 0.2) is 22.8 Å². The van der Waals surface area contributed by atoms with Gasteiger partial charge in [0.25, 0.3) is 5.91 Å². The maximum absolute atomic E-state index is 12.4. The zero-order valence-corrected chi connectivity index (χ0v) is 14.5. The second-order valence-electron chi connectivity index (χ2n) is 7.35. The molecule has 1 amide bonds. The van der Waals surface area contributed by atoms with Gasteiger partial charge in [-0.2, -0.15) is 0 Å². The molecule has 1 aromatic heterocycles. The molecule has 0 aliphatic carbocycles. The molecule has 5 heteroatoms. The van der Waals surface area contributed by atoms with E-state index in [0.29, 0.717) is 23.3 Å². The molecule has 0 bridgehead atoms. The second kappa shape index (κ2) is 6.65. The van der Waals surface area contributed by atoms with Crippen LogP contribution < -0.4 is 0 Å². The number of piperidine rings is 1. The number of methoxy groups -OCH3 is 1. The third kappa shape index (κ3) is 3.31. The Hall–Kier alpha value is -1.33. The molecule has 1 unspecified atom stereocenters. The van der Waals surface area contributed by atoms with Gasteiger partial charge in [-0.05, 0) is 50.7 Å². The van der Waals surface area contributed by atoms with Gasteiger partial charge in [0.15, 0.2) is 5.76 Å². The van der Waals surface area contributed by atoms with Crippen LogP contribution in [0.5, 0.6) is 0 Å². The number of amides is 1. The summed E-state index contributed by atoms with van der Waals surface area (Å²) in [6.07, 6.45) is 4.89. The molecule has 3 heterocycles. The minimum atomic E-state index is 0.0250. The van der Waals surface area contributed by atoms with Crippen molar-refractivity contribution in [2.45, 2.75) is 45.2 Å². The number of hydrogen-bond acceptors (Lipinski definition) is 4. The number of carbonyl (C=O) groups is 1. The van der Waals surface area contributed by atoms with Crippen molar-refractivity contribution < 1.29 is 13.9 Å². The number of likely N-dealkylation sites (tertiary alicyclic amines) is 2. The van der Waals surface area contributed by atoms with Gasteiger partial charge in [0.05, 0.1) is 12.9 Å². The Morgan fingerprint density at radius 1 is 1.43 bits per heavy atom. The highest BCUT2D eigenvalue weighted by atomic mass is 16.5. The quantitative estimate of drug-likeness (QED) is 0.855. The lowest BCUT2D eigenvalue weighted by molar-refractivity contribution is 0.0552. The highest BCUT2D eigenvalue weighted by molar-refractivity contribution is 5.91. The third-order valence-electron chi connectivity index (χ3n) is 5.52. The van der Waals surface area contributed by atoms with Crippen molar-refractivity contribution in [1.29, 1.82) is 0 Å². The monoisotopic (exact) mass is 320 g/mol. The number of rotatable bonds is 4. The molecule has 2 aliphatic heterocycles. The number of ether oxygens (including phenoxy) is 1. The van der Waals surface area contributed by atoms with Crippen LogP contribution in [0.1, 0.15) is 43.7 Å². The van der Waals surface area contributed by atoms with Crippen LogP contribution in [0.25, 0.3) is 0 Å². The first kappa shape index (κ1) is 16.5. The van der Waals surface area contributed by atoms with Gasteiger partial charge < -0.3 is 14.1 Å². The van der Waals surface area contributed by atoms with Crippen molar-refractivity contribution in [1.82, 2.24) is 9.80 Å². The minimum Gasteiger partial charge on any atom is -0.459 e. The van der Waals surface area contributed by atoms with Crippen LogP contribution in [0.3, 0.4) is 0 Å². The summed E-state index contributed by atoms with van der Waals surface area (Å²) < 4.78 is 10.7. The number of hydrogen-bond donors (Lipinski definition) is 0. The van der Waals surface area contributed by atoms with Crippen LogP contribution in [0, 0.1) is 5.41 Å². The Labute approximate surface area is 138 Å². The summed E-state index contributed by atoms with van der Waals surface area (Å²) in [5.41, 5.74) is 0.341. The van der Waals surface area contributed by atoms with E-state index < -0.39 is 0 Å². The molecular weight excluding hydrogens is 292 g/mol. The maximum Gasteiger partial charge on any atom is 0.289 e. The van der Waals surface area contributed by atoms with Crippen molar-refractivity contribution in [2.24, 2.45) is 5.41 Å². The zero-order chi connectivity index (χ0) is 16.4. The largest absolute Gasteiger partial charge is 0.459 e. The van der Waals surface area contributed by atoms with E-state index in [9.17, 15) is 4.79 Å². The van der Waals surface area contributed by atoms with Gasteiger partial charge in [0, 0.05) is 38.8 Å². The van der Waals surface area contributed by atoms with Crippen LogP contribution in [-0.4, -0.2) is 61.1 Å². The first-order valence-electron chi connectivity index (χ1n) is 8.62. The van der Waals surface area contributed by atoms with Crippen LogP contribution in [0.4, 0.5) is 0 Å². The molecular formula is C18H28N2O3. The molecule has 23 heavy (non-hydrogen) atoms. The van der Waals surface area contributed by atoms with E-state index in [0.717, 1.165) is 39.1 Å². The van der Waals surface area contributed by atoms with Gasteiger partial charge in [0.2, 0.25) is 0 Å². The van der Waals surface area contributed by atoms with Gasteiger partial charge in [-0.1, -0.05) is 0 Å². The number of nitrogens with zero attached hydrogens (tertiary/aromatic N) is 2. The lowest BCUT2D eigenvalue weighted by Crippen LogP contribution is -2.44. The Bertz CT molecular complexity index is 518. The molecule has 128 valence electrons. The zero-order valence-electron chi connectivity index (χ0n) is 14.5. The van der Waals surface area contributed by atoms with Crippen LogP contribution >= 0.6 is 0 Å². The lowest BCUT2D eigenvalue weighted by atomic mass is 9.76. The molecule has 0 aromatic carbocycles. The molecule has 3 rings (SSSR count). The average molecular weight is 320 g/mol. The SMILES string of the molecule is COCC1CC2(CCN(C(=O)c3ccco3)CC2)CN1C(C)C. The van der Waals surface area contributed by atoms with E-state index in [-0.39, 0.29) is 5.91 Å². The fourth-order valence-electron chi connectivity index (χ4n) is 4.25. The van der Waals surface area contributed by atoms with E-state index >= 15 is 0 Å². The summed E-state index contributed by atoms with van der Waals surface area (Å²) in [6, 6.07) is 4.56. The Morgan fingerprint density at radius 2 is 2.17 bits per heavy atom. The molecule has 2 fully saturated rings. The lowest BCUT2D eigenvalue weighted by Gasteiger charge is -2.39. The van der Waals surface area contributed by atoms with Gasteiger partial charge in [0.1, 0.15) is 0 Å². The summed E-state index contributed by atoms with van der Waals surface area (Å²) >= 11 is 0. The molecule has 0 radical (unpaired) electrons. The van der Waals surface area contributed by atoms with E-state index in [4.69, 9.17) is 9.15 Å². The van der Waals surface area contributed by atoms with Crippen molar-refractivity contribution >= 4 is 5.91 Å². The first-order chi connectivity index (χ1) is 11.0. The van der Waals surface area contributed by atoms with Gasteiger partial charge in [-0.3, -0.25) is 9.69 Å². The fraction of sp³-hybridized carbons (Fsp3) is 0.722. The molecule has 2 aliphatic rings. The predicted molar refractivity (Wildman–Crippen MR) is 88.4 cm³/mol. The summed E-state index contributed by atoms with van der Waals surface area (Å²) in [6.45, 7) is 8.10. The minimum absolute atomic E-state index is 0.0250. The predicted octanol–water partition coefficient (Wildman–Crippen LogP) is 2.63. The number of furan rings is 1. The van der Waals surface area contributed by atoms with E-state index in [1.165, 1.54) is 6.42 Å². The Kier molecular flexibility index (Phi) is 4.78. The molecule has 5 nitrogen and oxygen atoms in total. The smallest absolute Gasteiger partial charge is 0.289 e. The molecule has 2 saturated heterocycles. The standard InChI is InChI=1S/C18H28N2O3/c1-14(2)20-13-18(11-15(20)12-22-3)6-8-19(9-7-18)17(21)16-5-4-10-23-16/h4-5,10,14-15H,6-9,11-13H2,1-3H3. The van der Waals surface area contributed by atoms with E-state index in [2.05, 4.69) is 18.7 Å². The van der Waals surface area contributed by atoms with Crippen LogP contribution in [0.2, 0.25) is 0 Å².